The van der Waals surface area contributed by atoms with Crippen LogP contribution in [0.25, 0.3) is 0 Å². The highest BCUT2D eigenvalue weighted by atomic mass is 16.5. The summed E-state index contributed by atoms with van der Waals surface area (Å²) in [7, 11) is 1.55. The fraction of sp³-hybridized carbons (Fsp3) is 0.938. The Bertz CT molecular complexity index is 373. The van der Waals surface area contributed by atoms with Gasteiger partial charge >= 0.3 is 5.97 Å². The molecule has 3 aliphatic rings. The maximum absolute atomic E-state index is 12.1. The molecule has 3 fully saturated rings. The van der Waals surface area contributed by atoms with Crippen molar-refractivity contribution in [3.05, 3.63) is 0 Å². The summed E-state index contributed by atoms with van der Waals surface area (Å²) in [4.78, 5) is 12.1. The van der Waals surface area contributed by atoms with Gasteiger partial charge in [-0.1, -0.05) is 20.8 Å². The minimum Gasteiger partial charge on any atom is -0.469 e. The third-order valence-electron chi connectivity index (χ3n) is 6.46. The van der Waals surface area contributed by atoms with Gasteiger partial charge in [0.1, 0.15) is 0 Å². The summed E-state index contributed by atoms with van der Waals surface area (Å²) < 4.78 is 5.07. The van der Waals surface area contributed by atoms with Crippen LogP contribution in [-0.4, -0.2) is 13.1 Å². The van der Waals surface area contributed by atoms with Crippen molar-refractivity contribution in [2.45, 2.75) is 52.9 Å². The molecule has 0 N–H and O–H groups in total. The molecule has 3 aliphatic carbocycles. The molecule has 0 heterocycles. The average molecular weight is 250 g/mol. The zero-order valence-corrected chi connectivity index (χ0v) is 12.2. The Hall–Kier alpha value is -0.530. The van der Waals surface area contributed by atoms with Crippen LogP contribution in [0.1, 0.15) is 52.9 Å². The highest BCUT2D eigenvalue weighted by molar-refractivity contribution is 5.74. The number of carbonyl (C=O) groups excluding carboxylic acids is 1. The van der Waals surface area contributed by atoms with E-state index in [9.17, 15) is 4.79 Å². The molecule has 0 radical (unpaired) electrons. The second-order valence-corrected chi connectivity index (χ2v) is 7.89. The van der Waals surface area contributed by atoms with Crippen LogP contribution in [0, 0.1) is 34.5 Å². The first-order valence-electron chi connectivity index (χ1n) is 7.46. The summed E-state index contributed by atoms with van der Waals surface area (Å²) in [5.74, 6) is 2.60. The van der Waals surface area contributed by atoms with E-state index in [1.54, 1.807) is 7.11 Å². The van der Waals surface area contributed by atoms with E-state index in [1.165, 1.54) is 25.7 Å². The highest BCUT2D eigenvalue weighted by Gasteiger charge is 2.63. The van der Waals surface area contributed by atoms with Crippen molar-refractivity contribution < 1.29 is 9.53 Å². The lowest BCUT2D eigenvalue weighted by Crippen LogP contribution is -2.37. The lowest BCUT2D eigenvalue weighted by molar-refractivity contribution is -0.150. The summed E-state index contributed by atoms with van der Waals surface area (Å²) >= 11 is 0. The SMILES string of the molecule is COC(=O)C1CC[C@@H]2C[C@H]3CC(C)(C)C[C@H]3[C@]12C. The van der Waals surface area contributed by atoms with Crippen molar-refractivity contribution >= 4 is 5.97 Å². The lowest BCUT2D eigenvalue weighted by atomic mass is 9.67. The van der Waals surface area contributed by atoms with E-state index < -0.39 is 0 Å². The first kappa shape index (κ1) is 12.5. The van der Waals surface area contributed by atoms with Gasteiger partial charge in [-0.25, -0.2) is 0 Å². The number of carbonyl (C=O) groups is 1. The van der Waals surface area contributed by atoms with Gasteiger partial charge < -0.3 is 4.74 Å². The zero-order chi connectivity index (χ0) is 13.1. The first-order valence-corrected chi connectivity index (χ1v) is 7.46. The number of ether oxygens (including phenoxy) is 1. The van der Waals surface area contributed by atoms with E-state index in [4.69, 9.17) is 4.74 Å². The average Bonchev–Trinajstić information content (AvgIpc) is 2.84. The molecule has 102 valence electrons. The molecule has 3 saturated carbocycles. The van der Waals surface area contributed by atoms with Crippen molar-refractivity contribution in [1.29, 1.82) is 0 Å². The molecule has 1 unspecified atom stereocenters. The maximum atomic E-state index is 12.1. The molecule has 0 bridgehead atoms. The normalized spacial score (nSPS) is 48.9. The van der Waals surface area contributed by atoms with E-state index in [0.717, 1.165) is 24.2 Å². The lowest BCUT2D eigenvalue weighted by Gasteiger charge is -2.37. The molecule has 18 heavy (non-hydrogen) atoms. The molecule has 3 rings (SSSR count). The summed E-state index contributed by atoms with van der Waals surface area (Å²) in [5.41, 5.74) is 0.706. The van der Waals surface area contributed by atoms with Crippen LogP contribution < -0.4 is 0 Å². The van der Waals surface area contributed by atoms with Crippen LogP contribution in [0.15, 0.2) is 0 Å². The van der Waals surface area contributed by atoms with Crippen molar-refractivity contribution in [2.24, 2.45) is 34.5 Å². The van der Waals surface area contributed by atoms with Crippen LogP contribution >= 0.6 is 0 Å². The standard InChI is InChI=1S/C16H26O2/c1-15(2)8-10-7-11-5-6-12(14(17)18-4)16(11,3)13(10)9-15/h10-13H,5-9H2,1-4H3/t10-,11+,12?,13+,16-/m0/s1. The smallest absolute Gasteiger partial charge is 0.309 e. The van der Waals surface area contributed by atoms with Crippen LogP contribution in [0.3, 0.4) is 0 Å². The molecule has 0 aromatic heterocycles. The van der Waals surface area contributed by atoms with E-state index in [2.05, 4.69) is 20.8 Å². The van der Waals surface area contributed by atoms with Crippen LogP contribution in [-0.2, 0) is 9.53 Å². The van der Waals surface area contributed by atoms with Gasteiger partial charge in [0, 0.05) is 0 Å². The van der Waals surface area contributed by atoms with E-state index in [1.807, 2.05) is 0 Å². The summed E-state index contributed by atoms with van der Waals surface area (Å²) in [6, 6.07) is 0. The Labute approximate surface area is 110 Å². The molecule has 0 amide bonds. The molecule has 2 heteroatoms. The van der Waals surface area contributed by atoms with Crippen molar-refractivity contribution in [3.8, 4) is 0 Å². The Balaban J connectivity index is 1.91. The predicted octanol–water partition coefficient (Wildman–Crippen LogP) is 3.65. The monoisotopic (exact) mass is 250 g/mol. The highest BCUT2D eigenvalue weighted by Crippen LogP contribution is 2.69. The fourth-order valence-electron chi connectivity index (χ4n) is 5.76. The minimum atomic E-state index is 0.0466. The number of hydrogen-bond acceptors (Lipinski definition) is 2. The number of rotatable bonds is 1. The van der Waals surface area contributed by atoms with E-state index in [-0.39, 0.29) is 17.3 Å². The molecule has 0 aromatic carbocycles. The zero-order valence-electron chi connectivity index (χ0n) is 12.2. The second kappa shape index (κ2) is 3.74. The van der Waals surface area contributed by atoms with E-state index >= 15 is 0 Å². The van der Waals surface area contributed by atoms with Gasteiger partial charge in [-0.15, -0.1) is 0 Å². The van der Waals surface area contributed by atoms with Crippen molar-refractivity contribution in [1.82, 2.24) is 0 Å². The number of esters is 1. The molecule has 2 nitrogen and oxygen atoms in total. The quantitative estimate of drug-likeness (QED) is 0.664. The number of fused-ring (bicyclic) bond motifs is 3. The molecule has 0 saturated heterocycles. The van der Waals surface area contributed by atoms with Gasteiger partial charge in [-0.05, 0) is 60.7 Å². The molecule has 0 aromatic rings. The third kappa shape index (κ3) is 1.50. The molecule has 0 aliphatic heterocycles. The predicted molar refractivity (Wildman–Crippen MR) is 70.9 cm³/mol. The molecule has 0 spiro atoms. The Morgan fingerprint density at radius 3 is 2.56 bits per heavy atom. The van der Waals surface area contributed by atoms with E-state index in [0.29, 0.717) is 5.41 Å². The first-order chi connectivity index (χ1) is 8.38. The number of hydrogen-bond donors (Lipinski definition) is 0. The maximum Gasteiger partial charge on any atom is 0.309 e. The molecular formula is C16H26O2. The minimum absolute atomic E-state index is 0.0466. The topological polar surface area (TPSA) is 26.3 Å². The summed E-state index contributed by atoms with van der Waals surface area (Å²) in [5, 5.41) is 0. The Morgan fingerprint density at radius 2 is 1.89 bits per heavy atom. The number of methoxy groups -OCH3 is 1. The Kier molecular flexibility index (Phi) is 2.60. The van der Waals surface area contributed by atoms with Crippen LogP contribution in [0.5, 0.6) is 0 Å². The fourth-order valence-corrected chi connectivity index (χ4v) is 5.76. The van der Waals surface area contributed by atoms with Crippen LogP contribution in [0.2, 0.25) is 0 Å². The summed E-state index contributed by atoms with van der Waals surface area (Å²) in [6.07, 6.45) is 6.31. The third-order valence-corrected chi connectivity index (χ3v) is 6.46. The molecule has 5 atom stereocenters. The van der Waals surface area contributed by atoms with Gasteiger partial charge in [-0.2, -0.15) is 0 Å². The van der Waals surface area contributed by atoms with Gasteiger partial charge in [0.25, 0.3) is 0 Å². The second-order valence-electron chi connectivity index (χ2n) is 7.89. The van der Waals surface area contributed by atoms with Crippen molar-refractivity contribution in [2.75, 3.05) is 7.11 Å². The summed E-state index contributed by atoms with van der Waals surface area (Å²) in [6.45, 7) is 7.18. The van der Waals surface area contributed by atoms with Gasteiger partial charge in [0.15, 0.2) is 0 Å². The Morgan fingerprint density at radius 1 is 1.17 bits per heavy atom. The van der Waals surface area contributed by atoms with Crippen LogP contribution in [0.4, 0.5) is 0 Å². The van der Waals surface area contributed by atoms with Gasteiger partial charge in [-0.3, -0.25) is 4.79 Å². The largest absolute Gasteiger partial charge is 0.469 e. The van der Waals surface area contributed by atoms with Gasteiger partial charge in [0.05, 0.1) is 13.0 Å². The van der Waals surface area contributed by atoms with Crippen molar-refractivity contribution in [3.63, 3.8) is 0 Å². The molecular weight excluding hydrogens is 224 g/mol. The van der Waals surface area contributed by atoms with Gasteiger partial charge in [0.2, 0.25) is 0 Å².